The molecule has 2 rings (SSSR count). The fraction of sp³-hybridized carbons (Fsp3) is 0.286. The van der Waals surface area contributed by atoms with Gasteiger partial charge in [0.05, 0.1) is 12.5 Å². The molecule has 2 aromatic carbocycles. The van der Waals surface area contributed by atoms with Crippen LogP contribution in [0.2, 0.25) is 0 Å². The summed E-state index contributed by atoms with van der Waals surface area (Å²) >= 11 is 0. The monoisotopic (exact) mass is 425 g/mol. The van der Waals surface area contributed by atoms with Gasteiger partial charge in [-0.05, 0) is 36.1 Å². The number of nitrogens with one attached hydrogen (secondary N) is 1. The summed E-state index contributed by atoms with van der Waals surface area (Å²) in [5.74, 6) is -1.77. The number of hydrogen-bond donors (Lipinski definition) is 5. The van der Waals surface area contributed by atoms with Gasteiger partial charge >= 0.3 is 7.12 Å². The first-order chi connectivity index (χ1) is 14.8. The molecule has 0 saturated carbocycles. The van der Waals surface area contributed by atoms with Crippen molar-refractivity contribution in [3.8, 4) is 11.1 Å². The van der Waals surface area contributed by atoms with Gasteiger partial charge < -0.3 is 31.7 Å². The Balaban J connectivity index is 1.95. The van der Waals surface area contributed by atoms with Crippen molar-refractivity contribution < 1.29 is 19.6 Å². The third-order valence-corrected chi connectivity index (χ3v) is 4.62. The fourth-order valence-electron chi connectivity index (χ4n) is 3.04. The van der Waals surface area contributed by atoms with E-state index in [0.29, 0.717) is 18.5 Å². The van der Waals surface area contributed by atoms with Crippen molar-refractivity contribution in [3.05, 3.63) is 60.2 Å². The lowest BCUT2D eigenvalue weighted by Gasteiger charge is -2.21. The van der Waals surface area contributed by atoms with E-state index in [1.807, 2.05) is 36.4 Å². The molecule has 9 nitrogen and oxygen atoms in total. The van der Waals surface area contributed by atoms with Gasteiger partial charge in [0.2, 0.25) is 5.91 Å². The van der Waals surface area contributed by atoms with E-state index in [1.165, 1.54) is 11.9 Å². The Morgan fingerprint density at radius 1 is 1.10 bits per heavy atom. The van der Waals surface area contributed by atoms with Gasteiger partial charge in [-0.3, -0.25) is 14.6 Å². The van der Waals surface area contributed by atoms with E-state index in [4.69, 9.17) is 11.5 Å². The van der Waals surface area contributed by atoms with Gasteiger partial charge in [-0.1, -0.05) is 42.5 Å². The normalized spacial score (nSPS) is 11.3. The molecule has 164 valence electrons. The van der Waals surface area contributed by atoms with Crippen molar-refractivity contribution in [2.75, 3.05) is 20.1 Å². The molecule has 31 heavy (non-hydrogen) atoms. The summed E-state index contributed by atoms with van der Waals surface area (Å²) in [6.07, 6.45) is 0.707. The third-order valence-electron chi connectivity index (χ3n) is 4.62. The predicted molar refractivity (Wildman–Crippen MR) is 121 cm³/mol. The van der Waals surface area contributed by atoms with E-state index < -0.39 is 19.0 Å². The molecule has 10 heteroatoms. The lowest BCUT2D eigenvalue weighted by atomic mass is 9.76. The second kappa shape index (κ2) is 11.7. The highest BCUT2D eigenvalue weighted by atomic mass is 16.4. The van der Waals surface area contributed by atoms with Crippen LogP contribution in [0, 0.1) is 0 Å². The second-order valence-corrected chi connectivity index (χ2v) is 7.14. The van der Waals surface area contributed by atoms with Crippen molar-refractivity contribution in [2.24, 2.45) is 16.5 Å². The van der Waals surface area contributed by atoms with Crippen LogP contribution in [0.3, 0.4) is 0 Å². The Morgan fingerprint density at radius 3 is 2.42 bits per heavy atom. The first kappa shape index (κ1) is 23.9. The molecular weight excluding hydrogens is 397 g/mol. The average molecular weight is 425 g/mol. The van der Waals surface area contributed by atoms with Crippen LogP contribution in [-0.4, -0.2) is 65.9 Å². The maximum atomic E-state index is 12.8. The largest absolute Gasteiger partial charge is 0.475 e. The van der Waals surface area contributed by atoms with Crippen LogP contribution in [0.25, 0.3) is 11.1 Å². The number of nitrogens with two attached hydrogens (primary N) is 2. The predicted octanol–water partition coefficient (Wildman–Crippen LogP) is -0.0240. The van der Waals surface area contributed by atoms with E-state index in [1.54, 1.807) is 18.2 Å². The molecule has 2 aromatic rings. The van der Waals surface area contributed by atoms with Crippen LogP contribution < -0.4 is 16.8 Å². The van der Waals surface area contributed by atoms with Gasteiger partial charge in [-0.25, -0.2) is 0 Å². The van der Waals surface area contributed by atoms with Crippen molar-refractivity contribution in [1.29, 1.82) is 0 Å². The van der Waals surface area contributed by atoms with Crippen LogP contribution >= 0.6 is 0 Å². The van der Waals surface area contributed by atoms with E-state index in [0.717, 1.165) is 11.1 Å². The molecule has 0 aliphatic carbocycles. The molecule has 0 saturated heterocycles. The van der Waals surface area contributed by atoms with Gasteiger partial charge in [0, 0.05) is 19.2 Å². The number of carbonyl (C=O) groups excluding carboxylic acids is 2. The van der Waals surface area contributed by atoms with E-state index in [2.05, 4.69) is 10.3 Å². The number of amides is 2. The number of rotatable bonds is 10. The molecule has 7 N–H and O–H groups in total. The zero-order chi connectivity index (χ0) is 22.8. The molecule has 1 atom stereocenters. The third kappa shape index (κ3) is 7.76. The molecular formula is C21H28BN5O4. The SMILES string of the molecule is CN(CC(=O)NC(CCCN=C(N)N)B(O)O)C(=O)c1cccc(-c2ccccc2)c1. The van der Waals surface area contributed by atoms with Crippen LogP contribution in [0.4, 0.5) is 0 Å². The molecule has 0 aliphatic heterocycles. The van der Waals surface area contributed by atoms with Gasteiger partial charge in [0.25, 0.3) is 5.91 Å². The van der Waals surface area contributed by atoms with Crippen molar-refractivity contribution in [1.82, 2.24) is 10.2 Å². The molecule has 0 bridgehead atoms. The molecule has 0 aromatic heterocycles. The van der Waals surface area contributed by atoms with E-state index >= 15 is 0 Å². The standard InChI is InChI=1S/C21H28BN5O4/c1-27(14-19(28)26-18(22(30)31)11-6-12-25-21(23)24)20(29)17-10-5-9-16(13-17)15-7-3-2-4-8-15/h2-5,7-10,13,18,30-31H,6,11-12,14H2,1H3,(H,26,28)(H4,23,24,25). The number of likely N-dealkylation sites (N-methyl/N-ethyl adjacent to an activating group) is 1. The number of carbonyl (C=O) groups is 2. The number of hydrogen-bond acceptors (Lipinski definition) is 5. The summed E-state index contributed by atoms with van der Waals surface area (Å²) in [5.41, 5.74) is 12.8. The summed E-state index contributed by atoms with van der Waals surface area (Å²) in [5, 5.41) is 21.5. The lowest BCUT2D eigenvalue weighted by molar-refractivity contribution is -0.122. The van der Waals surface area contributed by atoms with E-state index in [9.17, 15) is 19.6 Å². The molecule has 0 heterocycles. The van der Waals surface area contributed by atoms with Crippen molar-refractivity contribution in [3.63, 3.8) is 0 Å². The topological polar surface area (TPSA) is 154 Å². The minimum atomic E-state index is -1.74. The second-order valence-electron chi connectivity index (χ2n) is 7.14. The quantitative estimate of drug-likeness (QED) is 0.156. The Morgan fingerprint density at radius 2 is 1.77 bits per heavy atom. The summed E-state index contributed by atoms with van der Waals surface area (Å²) in [4.78, 5) is 30.2. The molecule has 0 aliphatic rings. The van der Waals surface area contributed by atoms with Gasteiger partial charge in [0.1, 0.15) is 0 Å². The highest BCUT2D eigenvalue weighted by molar-refractivity contribution is 6.43. The van der Waals surface area contributed by atoms with Gasteiger partial charge in [-0.15, -0.1) is 0 Å². The van der Waals surface area contributed by atoms with Crippen LogP contribution in [-0.2, 0) is 4.79 Å². The van der Waals surface area contributed by atoms with Crippen molar-refractivity contribution in [2.45, 2.75) is 18.8 Å². The highest BCUT2D eigenvalue weighted by Gasteiger charge is 2.26. The maximum absolute atomic E-state index is 12.8. The number of nitrogens with zero attached hydrogens (tertiary/aromatic N) is 2. The smallest absolute Gasteiger partial charge is 0.426 e. The Kier molecular flexibility index (Phi) is 9.04. The summed E-state index contributed by atoms with van der Waals surface area (Å²) < 4.78 is 0. The van der Waals surface area contributed by atoms with Gasteiger partial charge in [0.15, 0.2) is 5.96 Å². The van der Waals surface area contributed by atoms with Crippen LogP contribution in [0.5, 0.6) is 0 Å². The Labute approximate surface area is 181 Å². The minimum absolute atomic E-state index is 0.0541. The molecule has 2 amide bonds. The number of aliphatic imine (C=N–C) groups is 1. The minimum Gasteiger partial charge on any atom is -0.426 e. The summed E-state index contributed by atoms with van der Waals surface area (Å²) in [6.45, 7) is 0.0725. The number of benzene rings is 2. The highest BCUT2D eigenvalue weighted by Crippen LogP contribution is 2.20. The Hall–Kier alpha value is -3.37. The fourth-order valence-corrected chi connectivity index (χ4v) is 3.04. The Bertz CT molecular complexity index is 904. The lowest BCUT2D eigenvalue weighted by Crippen LogP contribution is -2.49. The first-order valence-electron chi connectivity index (χ1n) is 9.89. The molecule has 0 fully saturated rings. The van der Waals surface area contributed by atoms with E-state index in [-0.39, 0.29) is 24.8 Å². The van der Waals surface area contributed by atoms with Gasteiger partial charge in [-0.2, -0.15) is 0 Å². The molecule has 0 spiro atoms. The van der Waals surface area contributed by atoms with Crippen LogP contribution in [0.15, 0.2) is 59.6 Å². The zero-order valence-electron chi connectivity index (χ0n) is 17.4. The molecule has 0 radical (unpaired) electrons. The zero-order valence-corrected chi connectivity index (χ0v) is 17.4. The van der Waals surface area contributed by atoms with Crippen LogP contribution in [0.1, 0.15) is 23.2 Å². The number of guanidine groups is 1. The first-order valence-corrected chi connectivity index (χ1v) is 9.89. The average Bonchev–Trinajstić information content (AvgIpc) is 2.75. The summed E-state index contributed by atoms with van der Waals surface area (Å²) in [6, 6.07) is 16.8. The maximum Gasteiger partial charge on any atom is 0.475 e. The van der Waals surface area contributed by atoms with Crippen molar-refractivity contribution >= 4 is 24.9 Å². The molecule has 1 unspecified atom stereocenters. The summed E-state index contributed by atoms with van der Waals surface area (Å²) in [7, 11) is -0.230.